The Hall–Kier alpha value is -2.35. The van der Waals surface area contributed by atoms with Gasteiger partial charge < -0.3 is 15.0 Å². The average molecular weight is 435 g/mol. The molecule has 1 amide bonds. The fourth-order valence-corrected chi connectivity index (χ4v) is 4.75. The minimum absolute atomic E-state index is 0.0459. The summed E-state index contributed by atoms with van der Waals surface area (Å²) in [6.07, 6.45) is 0. The molecule has 0 radical (unpaired) electrons. The number of nitrogens with one attached hydrogen (secondary N) is 1. The monoisotopic (exact) mass is 434 g/mol. The Morgan fingerprint density at radius 1 is 1.14 bits per heavy atom. The highest BCUT2D eigenvalue weighted by Crippen LogP contribution is 2.30. The van der Waals surface area contributed by atoms with E-state index in [9.17, 15) is 13.2 Å². The highest BCUT2D eigenvalue weighted by molar-refractivity contribution is 8.00. The predicted octanol–water partition coefficient (Wildman–Crippen LogP) is 2.87. The van der Waals surface area contributed by atoms with Crippen LogP contribution in [0.2, 0.25) is 5.02 Å². The van der Waals surface area contributed by atoms with E-state index >= 15 is 0 Å². The summed E-state index contributed by atoms with van der Waals surface area (Å²) in [7, 11) is 0.195. The number of halogens is 1. The van der Waals surface area contributed by atoms with E-state index in [1.165, 1.54) is 0 Å². The Kier molecular flexibility index (Phi) is 6.62. The molecule has 154 valence electrons. The van der Waals surface area contributed by atoms with Gasteiger partial charge in [0.1, 0.15) is 11.5 Å². The lowest BCUT2D eigenvalue weighted by Gasteiger charge is -2.26. The maximum Gasteiger partial charge on any atom is 0.287 e. The molecule has 2 aromatic carbocycles. The van der Waals surface area contributed by atoms with Crippen molar-refractivity contribution >= 4 is 32.3 Å². The maximum absolute atomic E-state index is 12.9. The van der Waals surface area contributed by atoms with Crippen molar-refractivity contribution in [2.24, 2.45) is 0 Å². The Bertz CT molecular complexity index is 1000. The van der Waals surface area contributed by atoms with Gasteiger partial charge in [-0.3, -0.25) is 4.79 Å². The summed E-state index contributed by atoms with van der Waals surface area (Å²) in [6.45, 7) is 0.234. The van der Waals surface area contributed by atoms with Gasteiger partial charge in [-0.05, 0) is 37.4 Å². The molecule has 0 unspecified atom stereocenters. The first-order valence-corrected chi connectivity index (χ1v) is 11.2. The van der Waals surface area contributed by atoms with Crippen molar-refractivity contribution in [3.63, 3.8) is 0 Å². The highest BCUT2D eigenvalue weighted by Gasteiger charge is 2.33. The molecule has 1 N–H and O–H groups in total. The second-order valence-corrected chi connectivity index (χ2v) is 9.42. The molecule has 0 aromatic heterocycles. The molecule has 0 bridgehead atoms. The van der Waals surface area contributed by atoms with Crippen LogP contribution in [0.3, 0.4) is 0 Å². The molecule has 3 rings (SSSR count). The minimum atomic E-state index is -3.61. The number of sulfone groups is 1. The van der Waals surface area contributed by atoms with Crippen LogP contribution in [0.25, 0.3) is 4.91 Å². The maximum atomic E-state index is 12.9. The third-order valence-corrected chi connectivity index (χ3v) is 6.69. The number of nitrogens with zero attached hydrogens (tertiary/aromatic N) is 1. The van der Waals surface area contributed by atoms with Gasteiger partial charge in [0.2, 0.25) is 5.76 Å². The molecule has 0 fully saturated rings. The van der Waals surface area contributed by atoms with Crippen molar-refractivity contribution in [3.8, 4) is 0 Å². The number of rotatable bonds is 6. The number of hydrogen-bond acceptors (Lipinski definition) is 5. The van der Waals surface area contributed by atoms with Gasteiger partial charge in [-0.25, -0.2) is 8.42 Å². The summed E-state index contributed by atoms with van der Waals surface area (Å²) >= 11 is 5.96. The third kappa shape index (κ3) is 4.98. The van der Waals surface area contributed by atoms with Crippen LogP contribution in [0.5, 0.6) is 0 Å². The number of likely N-dealkylation sites (N-methyl/N-ethyl adjacent to an activating group) is 1. The molecular formula is C21H23ClN2O4S. The van der Waals surface area contributed by atoms with Crippen molar-refractivity contribution in [1.29, 1.82) is 0 Å². The summed E-state index contributed by atoms with van der Waals surface area (Å²) in [5.41, 5.74) is 1.42. The quantitative estimate of drug-likeness (QED) is 0.756. The van der Waals surface area contributed by atoms with Gasteiger partial charge in [0.25, 0.3) is 5.91 Å². The van der Waals surface area contributed by atoms with Crippen LogP contribution < -0.4 is 5.32 Å². The Morgan fingerprint density at radius 2 is 1.79 bits per heavy atom. The van der Waals surface area contributed by atoms with Crippen molar-refractivity contribution in [3.05, 3.63) is 76.5 Å². The van der Waals surface area contributed by atoms with Crippen LogP contribution in [-0.4, -0.2) is 52.2 Å². The van der Waals surface area contributed by atoms with E-state index in [4.69, 9.17) is 16.3 Å². The van der Waals surface area contributed by atoms with E-state index in [1.54, 1.807) is 42.5 Å². The zero-order chi connectivity index (χ0) is 21.0. The fraction of sp³-hybridized carbons (Fsp3) is 0.286. The van der Waals surface area contributed by atoms with E-state index in [1.807, 2.05) is 31.1 Å². The lowest BCUT2D eigenvalue weighted by molar-refractivity contribution is -0.121. The molecule has 1 aliphatic rings. The van der Waals surface area contributed by atoms with Crippen molar-refractivity contribution in [1.82, 2.24) is 10.2 Å². The summed E-state index contributed by atoms with van der Waals surface area (Å²) in [4.78, 5) is 14.8. The Balaban J connectivity index is 1.87. The van der Waals surface area contributed by atoms with Crippen LogP contribution in [0.4, 0.5) is 0 Å². The van der Waals surface area contributed by atoms with E-state index in [0.29, 0.717) is 10.6 Å². The van der Waals surface area contributed by atoms with Gasteiger partial charge in [-0.2, -0.15) is 0 Å². The molecule has 8 heteroatoms. The molecular weight excluding hydrogens is 412 g/mol. The lowest BCUT2D eigenvalue weighted by atomic mass is 10.1. The first-order valence-electron chi connectivity index (χ1n) is 9.15. The van der Waals surface area contributed by atoms with Crippen molar-refractivity contribution < 1.29 is 17.9 Å². The summed E-state index contributed by atoms with van der Waals surface area (Å²) in [5, 5.41) is 3.46. The molecule has 1 atom stereocenters. The molecule has 0 saturated carbocycles. The first kappa shape index (κ1) is 21.4. The summed E-state index contributed by atoms with van der Waals surface area (Å²) in [5.74, 6) is -0.858. The van der Waals surface area contributed by atoms with Gasteiger partial charge in [0.15, 0.2) is 9.84 Å². The van der Waals surface area contributed by atoms with Crippen LogP contribution >= 0.6 is 11.6 Å². The lowest BCUT2D eigenvalue weighted by Crippen LogP contribution is -2.37. The zero-order valence-electron chi connectivity index (χ0n) is 16.3. The zero-order valence-corrected chi connectivity index (χ0v) is 17.8. The molecule has 6 nitrogen and oxygen atoms in total. The van der Waals surface area contributed by atoms with Crippen LogP contribution in [0.15, 0.2) is 60.4 Å². The first-order chi connectivity index (χ1) is 13.8. The van der Waals surface area contributed by atoms with Gasteiger partial charge in [-0.1, -0.05) is 54.1 Å². The number of hydrogen-bond donors (Lipinski definition) is 1. The summed E-state index contributed by atoms with van der Waals surface area (Å²) in [6, 6.07) is 15.8. The second kappa shape index (κ2) is 8.98. The number of carbonyl (C=O) groups excluding carboxylic acids is 1. The van der Waals surface area contributed by atoms with E-state index in [2.05, 4.69) is 5.32 Å². The van der Waals surface area contributed by atoms with Crippen LogP contribution in [0, 0.1) is 0 Å². The predicted molar refractivity (Wildman–Crippen MR) is 114 cm³/mol. The normalized spacial score (nSPS) is 17.0. The van der Waals surface area contributed by atoms with Crippen LogP contribution in [-0.2, 0) is 19.4 Å². The Morgan fingerprint density at radius 3 is 2.41 bits per heavy atom. The minimum Gasteiger partial charge on any atom is -0.486 e. The van der Waals surface area contributed by atoms with E-state index in [-0.39, 0.29) is 35.6 Å². The van der Waals surface area contributed by atoms with Gasteiger partial charge in [0, 0.05) is 11.6 Å². The molecule has 1 heterocycles. The Labute approximate surface area is 176 Å². The largest absolute Gasteiger partial charge is 0.486 e. The molecule has 0 aliphatic carbocycles. The molecule has 29 heavy (non-hydrogen) atoms. The molecule has 2 aromatic rings. The summed E-state index contributed by atoms with van der Waals surface area (Å²) < 4.78 is 30.8. The number of ether oxygens (including phenoxy) is 1. The van der Waals surface area contributed by atoms with Crippen molar-refractivity contribution in [2.75, 3.05) is 33.0 Å². The number of carbonyl (C=O) groups is 1. The van der Waals surface area contributed by atoms with E-state index < -0.39 is 15.7 Å². The standard InChI is InChI=1S/C21H23ClN2O4S/c1-24(2)18(15-8-10-17(22)11-9-15)14-23-21(25)19-20(16-6-4-3-5-7-16)29(26,27)13-12-28-19/h3-11,18H,12-14H2,1-2H3,(H,23,25)/t18-/m0/s1. The fourth-order valence-electron chi connectivity index (χ4n) is 3.18. The van der Waals surface area contributed by atoms with E-state index in [0.717, 1.165) is 5.56 Å². The smallest absolute Gasteiger partial charge is 0.287 e. The molecule has 0 saturated heterocycles. The van der Waals surface area contributed by atoms with Gasteiger partial charge in [0.05, 0.1) is 11.8 Å². The molecule has 1 aliphatic heterocycles. The number of benzene rings is 2. The van der Waals surface area contributed by atoms with Crippen molar-refractivity contribution in [2.45, 2.75) is 6.04 Å². The van der Waals surface area contributed by atoms with Gasteiger partial charge in [-0.15, -0.1) is 0 Å². The number of amides is 1. The molecule has 0 spiro atoms. The second-order valence-electron chi connectivity index (χ2n) is 6.93. The SMILES string of the molecule is CN(C)[C@@H](CNC(=O)C1=C(c2ccccc2)S(=O)(=O)CCO1)c1ccc(Cl)cc1. The topological polar surface area (TPSA) is 75.7 Å². The van der Waals surface area contributed by atoms with Gasteiger partial charge >= 0.3 is 0 Å². The highest BCUT2D eigenvalue weighted by atomic mass is 35.5. The van der Waals surface area contributed by atoms with Crippen LogP contribution in [0.1, 0.15) is 17.2 Å². The third-order valence-electron chi connectivity index (χ3n) is 4.69. The average Bonchev–Trinajstić information content (AvgIpc) is 2.69.